The molecule has 0 atom stereocenters. The van der Waals surface area contributed by atoms with Crippen molar-refractivity contribution >= 4 is 17.3 Å². The highest BCUT2D eigenvalue weighted by Crippen LogP contribution is 2.36. The van der Waals surface area contributed by atoms with Gasteiger partial charge in [0, 0.05) is 43.7 Å². The van der Waals surface area contributed by atoms with E-state index < -0.39 is 0 Å². The zero-order valence-corrected chi connectivity index (χ0v) is 23.5. The molecule has 37 heavy (non-hydrogen) atoms. The first-order valence-corrected chi connectivity index (χ1v) is 13.7. The normalized spacial score (nSPS) is 16.5. The number of carbonyl (C=O) groups excluding carboxylic acids is 2. The largest absolute Gasteiger partial charge is 0.371 e. The fraction of sp³-hybridized carbons (Fsp3) is 0.455. The molecule has 0 N–H and O–H groups in total. The van der Waals surface area contributed by atoms with Gasteiger partial charge in [-0.3, -0.25) is 9.59 Å². The molecular formula is C33H42N2O2. The second kappa shape index (κ2) is 11.6. The van der Waals surface area contributed by atoms with Crippen LogP contribution in [0.15, 0.2) is 59.2 Å². The van der Waals surface area contributed by atoms with Crippen molar-refractivity contribution in [2.24, 2.45) is 0 Å². The summed E-state index contributed by atoms with van der Waals surface area (Å²) in [5.74, 6) is 0.277. The van der Waals surface area contributed by atoms with Gasteiger partial charge in [0.25, 0.3) is 0 Å². The Morgan fingerprint density at radius 1 is 0.946 bits per heavy atom. The van der Waals surface area contributed by atoms with E-state index in [1.54, 1.807) is 0 Å². The maximum absolute atomic E-state index is 13.7. The Kier molecular flexibility index (Phi) is 8.49. The monoisotopic (exact) mass is 498 g/mol. The molecule has 0 radical (unpaired) electrons. The number of allylic oxidation sites excluding steroid dienone is 4. The van der Waals surface area contributed by atoms with Crippen molar-refractivity contribution in [3.05, 3.63) is 75.9 Å². The van der Waals surface area contributed by atoms with Crippen LogP contribution in [0.4, 0.5) is 5.69 Å². The Balaban J connectivity index is 1.67. The molecular weight excluding hydrogens is 456 g/mol. The summed E-state index contributed by atoms with van der Waals surface area (Å²) in [6.07, 6.45) is 8.34. The van der Waals surface area contributed by atoms with Crippen LogP contribution in [0.5, 0.6) is 0 Å². The summed E-state index contributed by atoms with van der Waals surface area (Å²) in [6.45, 7) is 6.96. The molecule has 2 aliphatic carbocycles. The number of Topliss-reactive ketones (excluding diaryl/α,β-unsaturated/α-hetero) is 2. The Bertz CT molecular complexity index is 1230. The van der Waals surface area contributed by atoms with E-state index in [0.29, 0.717) is 25.3 Å². The van der Waals surface area contributed by atoms with Crippen molar-refractivity contribution in [2.75, 3.05) is 26.0 Å². The van der Waals surface area contributed by atoms with Crippen LogP contribution in [0.1, 0.15) is 80.3 Å². The molecule has 2 aliphatic rings. The summed E-state index contributed by atoms with van der Waals surface area (Å²) in [4.78, 5) is 30.9. The van der Waals surface area contributed by atoms with Gasteiger partial charge in [0.05, 0.1) is 0 Å². The molecule has 0 saturated heterocycles. The molecule has 2 aromatic rings. The number of hydrogen-bond donors (Lipinski definition) is 0. The van der Waals surface area contributed by atoms with Gasteiger partial charge in [-0.1, -0.05) is 48.8 Å². The molecule has 196 valence electrons. The molecule has 0 amide bonds. The van der Waals surface area contributed by atoms with Crippen molar-refractivity contribution in [2.45, 2.75) is 78.3 Å². The van der Waals surface area contributed by atoms with Gasteiger partial charge >= 0.3 is 0 Å². The molecule has 0 unspecified atom stereocenters. The highest BCUT2D eigenvalue weighted by atomic mass is 16.1. The van der Waals surface area contributed by atoms with Crippen molar-refractivity contribution in [3.8, 4) is 11.1 Å². The average molecular weight is 499 g/mol. The van der Waals surface area contributed by atoms with E-state index in [-0.39, 0.29) is 11.6 Å². The number of benzene rings is 2. The van der Waals surface area contributed by atoms with Gasteiger partial charge in [-0.05, 0) is 99.7 Å². The molecule has 4 nitrogen and oxygen atoms in total. The minimum absolute atomic E-state index is 0.115. The Morgan fingerprint density at radius 2 is 1.62 bits per heavy atom. The summed E-state index contributed by atoms with van der Waals surface area (Å²) in [7, 11) is 6.33. The maximum atomic E-state index is 13.7. The van der Waals surface area contributed by atoms with Crippen LogP contribution in [-0.4, -0.2) is 43.7 Å². The highest BCUT2D eigenvalue weighted by molar-refractivity contribution is 6.03. The van der Waals surface area contributed by atoms with Gasteiger partial charge in [0.15, 0.2) is 11.6 Å². The molecule has 0 spiro atoms. The molecule has 1 fully saturated rings. The lowest BCUT2D eigenvalue weighted by Crippen LogP contribution is -2.29. The van der Waals surface area contributed by atoms with Crippen molar-refractivity contribution < 1.29 is 9.59 Å². The minimum Gasteiger partial charge on any atom is -0.371 e. The third-order valence-corrected chi connectivity index (χ3v) is 8.04. The number of anilines is 1. The van der Waals surface area contributed by atoms with Crippen LogP contribution in [0.25, 0.3) is 11.1 Å². The maximum Gasteiger partial charge on any atom is 0.163 e. The molecule has 0 aromatic heterocycles. The third kappa shape index (κ3) is 6.30. The van der Waals surface area contributed by atoms with Crippen molar-refractivity contribution in [1.82, 2.24) is 4.90 Å². The summed E-state index contributed by atoms with van der Waals surface area (Å²) < 4.78 is 0. The van der Waals surface area contributed by atoms with Gasteiger partial charge in [0.1, 0.15) is 0 Å². The third-order valence-electron chi connectivity index (χ3n) is 8.04. The average Bonchev–Trinajstić information content (AvgIpc) is 3.38. The van der Waals surface area contributed by atoms with E-state index in [9.17, 15) is 9.59 Å². The standard InChI is InChI=1S/C33H42N2O2/c1-22-17-23(2)29(33(37)18-22)15-16-32(36)30-19-27(26-13-11-25(12-14-26)21-34(4)5)20-31(24(30)3)35(6)28-9-7-8-10-28/h11-14,17,19-20,28H,7-10,15-16,18,21H2,1-6H3. The molecule has 0 aliphatic heterocycles. The first-order chi connectivity index (χ1) is 17.6. The number of rotatable bonds is 9. The van der Waals surface area contributed by atoms with Crippen molar-refractivity contribution in [3.63, 3.8) is 0 Å². The van der Waals surface area contributed by atoms with Crippen LogP contribution in [-0.2, 0) is 11.3 Å². The highest BCUT2D eigenvalue weighted by Gasteiger charge is 2.25. The molecule has 4 rings (SSSR count). The fourth-order valence-electron chi connectivity index (χ4n) is 5.97. The first kappa shape index (κ1) is 27.1. The number of carbonyl (C=O) groups is 2. The van der Waals surface area contributed by atoms with E-state index in [1.165, 1.54) is 31.2 Å². The molecule has 0 bridgehead atoms. The molecule has 1 saturated carbocycles. The second-order valence-corrected chi connectivity index (χ2v) is 11.3. The topological polar surface area (TPSA) is 40.6 Å². The zero-order valence-electron chi connectivity index (χ0n) is 23.5. The quantitative estimate of drug-likeness (QED) is 0.340. The minimum atomic E-state index is 0.115. The van der Waals surface area contributed by atoms with Crippen LogP contribution in [0.2, 0.25) is 0 Å². The molecule has 0 heterocycles. The predicted octanol–water partition coefficient (Wildman–Crippen LogP) is 7.30. The van der Waals surface area contributed by atoms with E-state index in [1.807, 2.05) is 13.8 Å². The van der Waals surface area contributed by atoms with Crippen LogP contribution >= 0.6 is 0 Å². The zero-order chi connectivity index (χ0) is 26.7. The SMILES string of the molecule is CC1=CC(C)=C(CCC(=O)c2cc(-c3ccc(CN(C)C)cc3)cc(N(C)C3CCCC3)c2C)C(=O)C1. The Morgan fingerprint density at radius 3 is 2.24 bits per heavy atom. The van der Waals surface area contributed by atoms with Crippen LogP contribution in [0, 0.1) is 6.92 Å². The molecule has 2 aromatic carbocycles. The van der Waals surface area contributed by atoms with E-state index in [0.717, 1.165) is 51.2 Å². The van der Waals surface area contributed by atoms with Crippen LogP contribution in [0.3, 0.4) is 0 Å². The second-order valence-electron chi connectivity index (χ2n) is 11.3. The fourth-order valence-corrected chi connectivity index (χ4v) is 5.97. The Labute approximate surface area is 223 Å². The summed E-state index contributed by atoms with van der Waals surface area (Å²) in [5, 5.41) is 0. The lowest BCUT2D eigenvalue weighted by molar-refractivity contribution is -0.115. The summed E-state index contributed by atoms with van der Waals surface area (Å²) >= 11 is 0. The summed E-state index contributed by atoms with van der Waals surface area (Å²) in [5.41, 5.74) is 9.36. The van der Waals surface area contributed by atoms with E-state index in [2.05, 4.69) is 80.3 Å². The number of nitrogens with zero attached hydrogens (tertiary/aromatic N) is 2. The van der Waals surface area contributed by atoms with Gasteiger partial charge < -0.3 is 9.80 Å². The number of ketones is 2. The first-order valence-electron chi connectivity index (χ1n) is 13.7. The van der Waals surface area contributed by atoms with E-state index in [4.69, 9.17) is 0 Å². The van der Waals surface area contributed by atoms with Crippen molar-refractivity contribution in [1.29, 1.82) is 0 Å². The summed E-state index contributed by atoms with van der Waals surface area (Å²) in [6, 6.07) is 13.5. The lowest BCUT2D eigenvalue weighted by atomic mass is 9.87. The lowest BCUT2D eigenvalue weighted by Gasteiger charge is -2.29. The smallest absolute Gasteiger partial charge is 0.163 e. The van der Waals surface area contributed by atoms with Gasteiger partial charge in [-0.25, -0.2) is 0 Å². The van der Waals surface area contributed by atoms with Gasteiger partial charge in [-0.2, -0.15) is 0 Å². The van der Waals surface area contributed by atoms with E-state index >= 15 is 0 Å². The predicted molar refractivity (Wildman–Crippen MR) is 154 cm³/mol. The van der Waals surface area contributed by atoms with Gasteiger partial charge in [0.2, 0.25) is 0 Å². The Hall–Kier alpha value is -2.98. The van der Waals surface area contributed by atoms with Crippen LogP contribution < -0.4 is 4.90 Å². The molecule has 4 heteroatoms. The van der Waals surface area contributed by atoms with Gasteiger partial charge in [-0.15, -0.1) is 0 Å². The number of hydrogen-bond acceptors (Lipinski definition) is 4.